The van der Waals surface area contributed by atoms with E-state index in [1.807, 2.05) is 36.0 Å². The standard InChI is InChI=1S/C9H13NO3S/c1-9-4-2-5-10(8-9)6-3-7-14(11,12)13/h2,4-5,8H,3,6-7H2,1H3. The van der Waals surface area contributed by atoms with E-state index in [1.54, 1.807) is 0 Å². The van der Waals surface area contributed by atoms with E-state index in [4.69, 9.17) is 0 Å². The summed E-state index contributed by atoms with van der Waals surface area (Å²) in [7, 11) is -4.07. The zero-order valence-corrected chi connectivity index (χ0v) is 8.83. The maximum absolute atomic E-state index is 10.3. The quantitative estimate of drug-likeness (QED) is 0.533. The SMILES string of the molecule is Cc1ccc[n+](CCCS(=O)(=O)[O-])c1. The second-order valence-corrected chi connectivity index (χ2v) is 4.76. The van der Waals surface area contributed by atoms with E-state index in [0.29, 0.717) is 13.0 Å². The predicted molar refractivity (Wildman–Crippen MR) is 50.6 cm³/mol. The third-order valence-electron chi connectivity index (χ3n) is 1.82. The van der Waals surface area contributed by atoms with E-state index in [1.165, 1.54) is 0 Å². The number of rotatable bonds is 4. The molecule has 5 heteroatoms. The molecule has 0 bridgehead atoms. The second kappa shape index (κ2) is 4.52. The minimum absolute atomic E-state index is 0.298. The van der Waals surface area contributed by atoms with Gasteiger partial charge in [0.2, 0.25) is 0 Å². The van der Waals surface area contributed by atoms with Crippen molar-refractivity contribution in [3.05, 3.63) is 30.1 Å². The Balaban J connectivity index is 2.47. The Labute approximate surface area is 83.9 Å². The zero-order valence-electron chi connectivity index (χ0n) is 8.01. The Morgan fingerprint density at radius 3 is 2.79 bits per heavy atom. The van der Waals surface area contributed by atoms with Gasteiger partial charge in [0, 0.05) is 23.8 Å². The van der Waals surface area contributed by atoms with Crippen LogP contribution in [0, 0.1) is 6.92 Å². The molecule has 0 atom stereocenters. The highest BCUT2D eigenvalue weighted by Crippen LogP contribution is 1.92. The second-order valence-electron chi connectivity index (χ2n) is 3.23. The fourth-order valence-electron chi connectivity index (χ4n) is 1.22. The summed E-state index contributed by atoms with van der Waals surface area (Å²) in [6.45, 7) is 2.52. The Bertz CT molecular complexity index is 400. The van der Waals surface area contributed by atoms with Gasteiger partial charge < -0.3 is 4.55 Å². The third-order valence-corrected chi connectivity index (χ3v) is 2.61. The van der Waals surface area contributed by atoms with Crippen LogP contribution in [0.1, 0.15) is 12.0 Å². The lowest BCUT2D eigenvalue weighted by molar-refractivity contribution is -0.697. The molecule has 4 nitrogen and oxygen atoms in total. The topological polar surface area (TPSA) is 61.1 Å². The molecule has 14 heavy (non-hydrogen) atoms. The van der Waals surface area contributed by atoms with E-state index >= 15 is 0 Å². The molecule has 0 aliphatic heterocycles. The molecule has 0 radical (unpaired) electrons. The zero-order chi connectivity index (χ0) is 10.6. The lowest BCUT2D eigenvalue weighted by Gasteiger charge is -2.04. The summed E-state index contributed by atoms with van der Waals surface area (Å²) < 4.78 is 32.8. The van der Waals surface area contributed by atoms with Crippen molar-refractivity contribution in [2.45, 2.75) is 19.9 Å². The van der Waals surface area contributed by atoms with Crippen molar-refractivity contribution in [3.63, 3.8) is 0 Å². The number of nitrogens with zero attached hydrogens (tertiary/aromatic N) is 1. The fraction of sp³-hybridized carbons (Fsp3) is 0.444. The molecule has 0 aromatic carbocycles. The molecule has 1 aromatic rings. The summed E-state index contributed by atoms with van der Waals surface area (Å²) in [5.74, 6) is -0.298. The Morgan fingerprint density at radius 1 is 1.50 bits per heavy atom. The highest BCUT2D eigenvalue weighted by Gasteiger charge is 2.02. The van der Waals surface area contributed by atoms with Crippen molar-refractivity contribution in [2.24, 2.45) is 0 Å². The lowest BCUT2D eigenvalue weighted by atomic mass is 10.3. The van der Waals surface area contributed by atoms with Gasteiger partial charge in [0.15, 0.2) is 12.4 Å². The van der Waals surface area contributed by atoms with Crippen LogP contribution in [0.3, 0.4) is 0 Å². The smallest absolute Gasteiger partial charge is 0.171 e. The summed E-state index contributed by atoms with van der Waals surface area (Å²) in [6, 6.07) is 3.85. The van der Waals surface area contributed by atoms with Crippen molar-refractivity contribution < 1.29 is 17.5 Å². The molecule has 0 saturated heterocycles. The van der Waals surface area contributed by atoms with Crippen LogP contribution in [0.5, 0.6) is 0 Å². The van der Waals surface area contributed by atoms with Crippen LogP contribution < -0.4 is 4.57 Å². The summed E-state index contributed by atoms with van der Waals surface area (Å²) in [5, 5.41) is 0. The summed E-state index contributed by atoms with van der Waals surface area (Å²) in [4.78, 5) is 0. The summed E-state index contributed by atoms with van der Waals surface area (Å²) >= 11 is 0. The Kier molecular flexibility index (Phi) is 3.60. The molecule has 0 aliphatic rings. The maximum Gasteiger partial charge on any atom is 0.171 e. The summed E-state index contributed by atoms with van der Waals surface area (Å²) in [5.41, 5.74) is 1.11. The van der Waals surface area contributed by atoms with E-state index in [-0.39, 0.29) is 5.75 Å². The van der Waals surface area contributed by atoms with Gasteiger partial charge in [-0.05, 0) is 13.0 Å². The van der Waals surface area contributed by atoms with Crippen molar-refractivity contribution in [2.75, 3.05) is 5.75 Å². The van der Waals surface area contributed by atoms with Crippen molar-refractivity contribution >= 4 is 10.1 Å². The molecule has 78 valence electrons. The van der Waals surface area contributed by atoms with E-state index in [9.17, 15) is 13.0 Å². The first-order valence-corrected chi connectivity index (χ1v) is 5.94. The first kappa shape index (κ1) is 11.1. The van der Waals surface area contributed by atoms with Crippen molar-refractivity contribution in [1.29, 1.82) is 0 Å². The lowest BCUT2D eigenvalue weighted by Crippen LogP contribution is -2.33. The molecule has 1 rings (SSSR count). The molecule has 0 aliphatic carbocycles. The van der Waals surface area contributed by atoms with Gasteiger partial charge in [0.25, 0.3) is 0 Å². The van der Waals surface area contributed by atoms with Gasteiger partial charge in [0.05, 0.1) is 10.1 Å². The summed E-state index contributed by atoms with van der Waals surface area (Å²) in [6.07, 6.45) is 4.13. The van der Waals surface area contributed by atoms with Crippen molar-refractivity contribution in [3.8, 4) is 0 Å². The Hall–Kier alpha value is -0.940. The van der Waals surface area contributed by atoms with Crippen LogP contribution in [0.4, 0.5) is 0 Å². The Morgan fingerprint density at radius 2 is 2.21 bits per heavy atom. The molecule has 1 heterocycles. The average Bonchev–Trinajstić information content (AvgIpc) is 2.01. The molecule has 0 amide bonds. The molecule has 0 N–H and O–H groups in total. The predicted octanol–water partition coefficient (Wildman–Crippen LogP) is 0.218. The first-order chi connectivity index (χ1) is 6.47. The van der Waals surface area contributed by atoms with Gasteiger partial charge >= 0.3 is 0 Å². The molecular weight excluding hydrogens is 202 g/mol. The monoisotopic (exact) mass is 215 g/mol. The molecular formula is C9H13NO3S. The third kappa shape index (κ3) is 4.34. The highest BCUT2D eigenvalue weighted by atomic mass is 32.2. The number of hydrogen-bond donors (Lipinski definition) is 0. The first-order valence-electron chi connectivity index (χ1n) is 4.37. The van der Waals surface area contributed by atoms with Gasteiger partial charge in [-0.2, -0.15) is 0 Å². The van der Waals surface area contributed by atoms with Gasteiger partial charge in [-0.25, -0.2) is 13.0 Å². The molecule has 0 fully saturated rings. The van der Waals surface area contributed by atoms with Crippen LogP contribution in [0.15, 0.2) is 24.5 Å². The molecule has 0 saturated carbocycles. The van der Waals surface area contributed by atoms with Gasteiger partial charge in [0.1, 0.15) is 6.54 Å². The van der Waals surface area contributed by atoms with Gasteiger partial charge in [-0.15, -0.1) is 0 Å². The minimum Gasteiger partial charge on any atom is -0.748 e. The van der Waals surface area contributed by atoms with Crippen molar-refractivity contribution in [1.82, 2.24) is 0 Å². The van der Waals surface area contributed by atoms with Gasteiger partial charge in [-0.3, -0.25) is 0 Å². The highest BCUT2D eigenvalue weighted by molar-refractivity contribution is 7.85. The average molecular weight is 215 g/mol. The van der Waals surface area contributed by atoms with E-state index in [0.717, 1.165) is 5.56 Å². The van der Waals surface area contributed by atoms with Crippen LogP contribution in [-0.4, -0.2) is 18.7 Å². The van der Waals surface area contributed by atoms with E-state index in [2.05, 4.69) is 0 Å². The molecule has 1 aromatic heterocycles. The number of hydrogen-bond acceptors (Lipinski definition) is 3. The minimum atomic E-state index is -4.07. The normalized spacial score (nSPS) is 11.6. The van der Waals surface area contributed by atoms with Crippen LogP contribution in [0.2, 0.25) is 0 Å². The fourth-order valence-corrected chi connectivity index (χ4v) is 1.70. The van der Waals surface area contributed by atoms with Crippen LogP contribution in [0.25, 0.3) is 0 Å². The number of aryl methyl sites for hydroxylation is 2. The molecule has 0 unspecified atom stereocenters. The van der Waals surface area contributed by atoms with E-state index < -0.39 is 10.1 Å². The molecule has 0 spiro atoms. The number of aromatic nitrogens is 1. The van der Waals surface area contributed by atoms with Crippen LogP contribution >= 0.6 is 0 Å². The number of pyridine rings is 1. The van der Waals surface area contributed by atoms with Gasteiger partial charge in [-0.1, -0.05) is 0 Å². The maximum atomic E-state index is 10.3. The van der Waals surface area contributed by atoms with Crippen LogP contribution in [-0.2, 0) is 16.7 Å². The largest absolute Gasteiger partial charge is 0.748 e.